The molecule has 1 aromatic carbocycles. The second-order valence-corrected chi connectivity index (χ2v) is 3.99. The third kappa shape index (κ3) is 4.43. The molecule has 0 spiro atoms. The fraction of sp³-hybridized carbons (Fsp3) is 0.125. The van der Waals surface area contributed by atoms with Crippen molar-refractivity contribution in [1.82, 2.24) is 0 Å². The zero-order chi connectivity index (χ0) is 11.5. The third-order valence-electron chi connectivity index (χ3n) is 1.43. The number of amides is 1. The summed E-state index contributed by atoms with van der Waals surface area (Å²) in [4.78, 5) is 10.7. The Bertz CT molecular complexity index is 469. The Balaban J connectivity index is 2.88. The van der Waals surface area contributed by atoms with E-state index in [4.69, 9.17) is 4.55 Å². The standard InChI is InChI=1S/C8H10N2O4S/c1-6(11)9-7-3-2-4-8(5-7)10-15(12,13)14/h2-5,10H,1H3,(H,9,11)(H,12,13,14). The SMILES string of the molecule is CC(=O)Nc1cccc(NS(=O)(=O)O)c1. The van der Waals surface area contributed by atoms with Gasteiger partial charge in [-0.1, -0.05) is 6.07 Å². The summed E-state index contributed by atoms with van der Waals surface area (Å²) in [6.07, 6.45) is 0. The zero-order valence-electron chi connectivity index (χ0n) is 7.89. The van der Waals surface area contributed by atoms with Crippen LogP contribution in [0.2, 0.25) is 0 Å². The van der Waals surface area contributed by atoms with E-state index in [1.165, 1.54) is 19.1 Å². The Morgan fingerprint density at radius 1 is 1.33 bits per heavy atom. The Hall–Kier alpha value is -1.60. The lowest BCUT2D eigenvalue weighted by Gasteiger charge is -2.05. The monoisotopic (exact) mass is 230 g/mol. The zero-order valence-corrected chi connectivity index (χ0v) is 8.71. The van der Waals surface area contributed by atoms with Crippen LogP contribution in [0.5, 0.6) is 0 Å². The molecule has 0 bridgehead atoms. The van der Waals surface area contributed by atoms with Crippen molar-refractivity contribution in [2.75, 3.05) is 10.0 Å². The van der Waals surface area contributed by atoms with Gasteiger partial charge in [-0.2, -0.15) is 8.42 Å². The quantitative estimate of drug-likeness (QED) is 0.671. The first-order chi connectivity index (χ1) is 6.87. The first-order valence-corrected chi connectivity index (χ1v) is 5.44. The summed E-state index contributed by atoms with van der Waals surface area (Å²) in [5, 5.41) is 2.48. The summed E-state index contributed by atoms with van der Waals surface area (Å²) in [5.74, 6) is -0.265. The van der Waals surface area contributed by atoms with Crippen LogP contribution in [0.4, 0.5) is 11.4 Å². The van der Waals surface area contributed by atoms with Crippen LogP contribution in [0, 0.1) is 0 Å². The topological polar surface area (TPSA) is 95.5 Å². The van der Waals surface area contributed by atoms with E-state index in [0.717, 1.165) is 0 Å². The molecule has 0 aliphatic rings. The maximum absolute atomic E-state index is 10.7. The molecule has 0 saturated heterocycles. The predicted octanol–water partition coefficient (Wildman–Crippen LogP) is 0.860. The molecule has 1 rings (SSSR count). The van der Waals surface area contributed by atoms with Crippen molar-refractivity contribution in [2.24, 2.45) is 0 Å². The summed E-state index contributed by atoms with van der Waals surface area (Å²) >= 11 is 0. The van der Waals surface area contributed by atoms with Gasteiger partial charge in [0.25, 0.3) is 0 Å². The molecular weight excluding hydrogens is 220 g/mol. The van der Waals surface area contributed by atoms with Gasteiger partial charge in [-0.15, -0.1) is 0 Å². The maximum atomic E-state index is 10.7. The largest absolute Gasteiger partial charge is 0.357 e. The van der Waals surface area contributed by atoms with E-state index in [-0.39, 0.29) is 11.6 Å². The summed E-state index contributed by atoms with van der Waals surface area (Å²) < 4.78 is 31.4. The predicted molar refractivity (Wildman–Crippen MR) is 55.9 cm³/mol. The summed E-state index contributed by atoms with van der Waals surface area (Å²) in [7, 11) is -4.29. The highest BCUT2D eigenvalue weighted by Crippen LogP contribution is 2.15. The van der Waals surface area contributed by atoms with Crippen LogP contribution < -0.4 is 10.0 Å². The molecule has 0 heterocycles. The minimum absolute atomic E-state index is 0.170. The van der Waals surface area contributed by atoms with Gasteiger partial charge >= 0.3 is 10.3 Å². The van der Waals surface area contributed by atoms with Gasteiger partial charge in [0.15, 0.2) is 0 Å². The van der Waals surface area contributed by atoms with Crippen molar-refractivity contribution in [3.63, 3.8) is 0 Å². The second kappa shape index (κ2) is 4.28. The van der Waals surface area contributed by atoms with Gasteiger partial charge in [-0.3, -0.25) is 14.1 Å². The third-order valence-corrected chi connectivity index (χ3v) is 1.92. The van der Waals surface area contributed by atoms with E-state index in [1.54, 1.807) is 12.1 Å². The van der Waals surface area contributed by atoms with Crippen molar-refractivity contribution < 1.29 is 17.8 Å². The average Bonchev–Trinajstić information content (AvgIpc) is 1.99. The molecular formula is C8H10N2O4S. The molecule has 0 atom stereocenters. The smallest absolute Gasteiger partial charge is 0.326 e. The minimum atomic E-state index is -4.29. The number of anilines is 2. The number of carbonyl (C=O) groups is 1. The Kier molecular flexibility index (Phi) is 3.28. The molecule has 1 amide bonds. The minimum Gasteiger partial charge on any atom is -0.326 e. The van der Waals surface area contributed by atoms with Crippen LogP contribution in [0.25, 0.3) is 0 Å². The van der Waals surface area contributed by atoms with Crippen molar-refractivity contribution in [1.29, 1.82) is 0 Å². The molecule has 0 fully saturated rings. The van der Waals surface area contributed by atoms with Crippen molar-refractivity contribution >= 4 is 27.6 Å². The highest BCUT2D eigenvalue weighted by atomic mass is 32.2. The first-order valence-electron chi connectivity index (χ1n) is 4.00. The Labute approximate surface area is 87.2 Å². The molecule has 0 saturated carbocycles. The molecule has 15 heavy (non-hydrogen) atoms. The lowest BCUT2D eigenvalue weighted by molar-refractivity contribution is -0.114. The Morgan fingerprint density at radius 2 is 1.93 bits per heavy atom. The average molecular weight is 230 g/mol. The maximum Gasteiger partial charge on any atom is 0.357 e. The Morgan fingerprint density at radius 3 is 2.47 bits per heavy atom. The summed E-state index contributed by atoms with van der Waals surface area (Å²) in [6.45, 7) is 1.34. The summed E-state index contributed by atoms with van der Waals surface area (Å²) in [5.41, 5.74) is 0.611. The van der Waals surface area contributed by atoms with Gasteiger partial charge in [0.2, 0.25) is 5.91 Å². The van der Waals surface area contributed by atoms with Crippen LogP contribution in [0.1, 0.15) is 6.92 Å². The highest BCUT2D eigenvalue weighted by molar-refractivity contribution is 7.87. The van der Waals surface area contributed by atoms with Gasteiger partial charge in [-0.05, 0) is 18.2 Å². The number of hydrogen-bond acceptors (Lipinski definition) is 3. The molecule has 3 N–H and O–H groups in total. The van der Waals surface area contributed by atoms with Crippen LogP contribution in [-0.2, 0) is 15.1 Å². The first kappa shape index (κ1) is 11.5. The van der Waals surface area contributed by atoms with Crippen LogP contribution in [0.3, 0.4) is 0 Å². The van der Waals surface area contributed by atoms with Crippen LogP contribution in [-0.4, -0.2) is 18.9 Å². The number of rotatable bonds is 3. The molecule has 0 radical (unpaired) electrons. The fourth-order valence-corrected chi connectivity index (χ4v) is 1.44. The van der Waals surface area contributed by atoms with E-state index >= 15 is 0 Å². The number of nitrogens with one attached hydrogen (secondary N) is 2. The van der Waals surface area contributed by atoms with E-state index in [1.807, 2.05) is 4.72 Å². The van der Waals surface area contributed by atoms with E-state index < -0.39 is 10.3 Å². The lowest BCUT2D eigenvalue weighted by atomic mass is 10.3. The fourth-order valence-electron chi connectivity index (χ4n) is 1.01. The van der Waals surface area contributed by atoms with Crippen molar-refractivity contribution in [3.8, 4) is 0 Å². The molecule has 1 aromatic rings. The number of hydrogen-bond donors (Lipinski definition) is 3. The summed E-state index contributed by atoms with van der Waals surface area (Å²) in [6, 6.07) is 5.96. The van der Waals surface area contributed by atoms with Crippen LogP contribution in [0.15, 0.2) is 24.3 Å². The van der Waals surface area contributed by atoms with Gasteiger partial charge in [0, 0.05) is 12.6 Å². The van der Waals surface area contributed by atoms with Gasteiger partial charge < -0.3 is 5.32 Å². The van der Waals surface area contributed by atoms with E-state index in [9.17, 15) is 13.2 Å². The number of carbonyl (C=O) groups excluding carboxylic acids is 1. The van der Waals surface area contributed by atoms with Crippen molar-refractivity contribution in [3.05, 3.63) is 24.3 Å². The molecule has 7 heteroatoms. The molecule has 0 unspecified atom stereocenters. The normalized spacial score (nSPS) is 10.8. The molecule has 0 aliphatic heterocycles. The lowest BCUT2D eigenvalue weighted by Crippen LogP contribution is -2.11. The van der Waals surface area contributed by atoms with Gasteiger partial charge in [0.05, 0.1) is 5.69 Å². The van der Waals surface area contributed by atoms with Gasteiger partial charge in [0.1, 0.15) is 0 Å². The highest BCUT2D eigenvalue weighted by Gasteiger charge is 2.04. The molecule has 0 aromatic heterocycles. The van der Waals surface area contributed by atoms with Gasteiger partial charge in [-0.25, -0.2) is 0 Å². The molecule has 6 nitrogen and oxygen atoms in total. The van der Waals surface area contributed by atoms with Crippen LogP contribution >= 0.6 is 0 Å². The second-order valence-electron chi connectivity index (χ2n) is 2.84. The molecule has 0 aliphatic carbocycles. The van der Waals surface area contributed by atoms with E-state index in [2.05, 4.69) is 5.32 Å². The van der Waals surface area contributed by atoms with E-state index in [0.29, 0.717) is 5.69 Å². The molecule has 82 valence electrons. The number of benzene rings is 1. The van der Waals surface area contributed by atoms with Crippen molar-refractivity contribution in [2.45, 2.75) is 6.92 Å².